The summed E-state index contributed by atoms with van der Waals surface area (Å²) in [4.78, 5) is 8.86. The van der Waals surface area contributed by atoms with Crippen LogP contribution in [0.25, 0.3) is 64.9 Å². The van der Waals surface area contributed by atoms with E-state index in [-0.39, 0.29) is 0 Å². The van der Waals surface area contributed by atoms with Crippen molar-refractivity contribution in [2.24, 2.45) is 0 Å². The van der Waals surface area contributed by atoms with Crippen molar-refractivity contribution in [1.82, 2.24) is 9.97 Å². The maximum atomic E-state index is 6.78. The van der Waals surface area contributed by atoms with Gasteiger partial charge in [0.1, 0.15) is 0 Å². The van der Waals surface area contributed by atoms with Crippen LogP contribution in [0.4, 0.5) is 0 Å². The summed E-state index contributed by atoms with van der Waals surface area (Å²) in [5, 5.41) is 1.08. The molecular weight excluding hydrogens is 599 g/mol. The second kappa shape index (κ2) is 10.9. The molecule has 1 aliphatic heterocycles. The monoisotopic (exact) mass is 630 g/mol. The number of thiophene rings is 1. The Morgan fingerprint density at radius 3 is 1.73 bits per heavy atom. The van der Waals surface area contributed by atoms with E-state index in [0.717, 1.165) is 39.1 Å². The molecule has 2 nitrogen and oxygen atoms in total. The molecule has 4 heterocycles. The molecule has 2 aliphatic rings. The Balaban J connectivity index is 1.69. The number of nitrogens with zero attached hydrogens (tertiary/aromatic N) is 1. The van der Waals surface area contributed by atoms with E-state index in [9.17, 15) is 0 Å². The fourth-order valence-electron chi connectivity index (χ4n) is 6.85. The minimum absolute atomic E-state index is 0.536. The molecule has 0 unspecified atom stereocenters. The van der Waals surface area contributed by atoms with Crippen molar-refractivity contribution in [1.29, 1.82) is 0 Å². The van der Waals surface area contributed by atoms with E-state index in [1.807, 2.05) is 23.5 Å². The van der Waals surface area contributed by atoms with E-state index in [1.165, 1.54) is 59.5 Å². The van der Waals surface area contributed by atoms with E-state index < -0.39 is 0 Å². The molecule has 0 saturated heterocycles. The third-order valence-corrected chi connectivity index (χ3v) is 10.5. The average molecular weight is 632 g/mol. The van der Waals surface area contributed by atoms with E-state index in [2.05, 4.69) is 113 Å². The molecule has 8 bridgehead atoms. The van der Waals surface area contributed by atoms with Crippen LogP contribution in [0, 0.1) is 41.5 Å². The van der Waals surface area contributed by atoms with Crippen LogP contribution >= 0.6 is 34.5 Å². The highest BCUT2D eigenvalue weighted by Crippen LogP contribution is 2.43. The largest absolute Gasteiger partial charge is 0.355 e. The number of benzene rings is 2. The minimum Gasteiger partial charge on any atom is -0.355 e. The smallest absolute Gasteiger partial charge is 0.0730 e. The zero-order chi connectivity index (χ0) is 30.9. The number of H-pyrrole nitrogens is 1. The Hall–Kier alpha value is -3.89. The summed E-state index contributed by atoms with van der Waals surface area (Å²) in [6.07, 6.45) is 4.19. The zero-order valence-electron chi connectivity index (χ0n) is 25.6. The van der Waals surface area contributed by atoms with E-state index in [0.29, 0.717) is 10.1 Å². The predicted octanol–water partition coefficient (Wildman–Crippen LogP) is 12.3. The fourth-order valence-corrected chi connectivity index (χ4v) is 8.42. The number of halogens is 2. The first-order valence-corrected chi connectivity index (χ1v) is 16.3. The number of hydrogen-bond donors (Lipinski definition) is 1. The van der Waals surface area contributed by atoms with Gasteiger partial charge >= 0.3 is 0 Å². The molecule has 218 valence electrons. The third kappa shape index (κ3) is 4.94. The molecule has 7 rings (SSSR count). The number of fused-ring (bicyclic) bond motifs is 8. The molecule has 0 amide bonds. The molecule has 44 heavy (non-hydrogen) atoms. The molecule has 0 fully saturated rings. The summed E-state index contributed by atoms with van der Waals surface area (Å²) in [6, 6.07) is 24.0. The summed E-state index contributed by atoms with van der Waals surface area (Å²) in [6.45, 7) is 13.1. The molecule has 2 aromatic carbocycles. The summed E-state index contributed by atoms with van der Waals surface area (Å²) in [5.74, 6) is 0. The Bertz CT molecular complexity index is 2220. The van der Waals surface area contributed by atoms with E-state index >= 15 is 0 Å². The third-order valence-electron chi connectivity index (χ3n) is 8.47. The molecule has 1 N–H and O–H groups in total. The maximum Gasteiger partial charge on any atom is 0.0730 e. The van der Waals surface area contributed by atoms with Crippen LogP contribution in [-0.4, -0.2) is 9.97 Å². The van der Waals surface area contributed by atoms with Crippen molar-refractivity contribution >= 4 is 77.2 Å². The zero-order valence-corrected chi connectivity index (χ0v) is 27.9. The normalized spacial score (nSPS) is 12.8. The highest BCUT2D eigenvalue weighted by atomic mass is 35.5. The number of hydrogen-bond acceptors (Lipinski definition) is 2. The first-order valence-electron chi connectivity index (χ1n) is 14.8. The molecule has 5 aromatic rings. The van der Waals surface area contributed by atoms with Crippen molar-refractivity contribution in [3.05, 3.63) is 123 Å². The maximum absolute atomic E-state index is 6.78. The lowest BCUT2D eigenvalue weighted by atomic mass is 9.93. The quantitative estimate of drug-likeness (QED) is 0.202. The van der Waals surface area contributed by atoms with Gasteiger partial charge in [-0.1, -0.05) is 58.6 Å². The topological polar surface area (TPSA) is 28.7 Å². The molecule has 0 spiro atoms. The van der Waals surface area contributed by atoms with Crippen LogP contribution < -0.4 is 0 Å². The lowest BCUT2D eigenvalue weighted by molar-refractivity contribution is 1.29. The van der Waals surface area contributed by atoms with Gasteiger partial charge in [-0.2, -0.15) is 0 Å². The van der Waals surface area contributed by atoms with Crippen molar-refractivity contribution in [2.75, 3.05) is 0 Å². The Morgan fingerprint density at radius 2 is 1.11 bits per heavy atom. The van der Waals surface area contributed by atoms with Crippen molar-refractivity contribution in [3.63, 3.8) is 0 Å². The molecular formula is C39H32Cl2N2S. The second-order valence-corrected chi connectivity index (χ2v) is 13.9. The van der Waals surface area contributed by atoms with Gasteiger partial charge in [0.15, 0.2) is 0 Å². The van der Waals surface area contributed by atoms with Gasteiger partial charge in [-0.15, -0.1) is 11.3 Å². The molecule has 0 saturated carbocycles. The van der Waals surface area contributed by atoms with Gasteiger partial charge in [-0.05, 0) is 141 Å². The number of nitrogens with one attached hydrogen (secondary N) is 1. The van der Waals surface area contributed by atoms with Crippen LogP contribution in [0.5, 0.6) is 0 Å². The van der Waals surface area contributed by atoms with Gasteiger partial charge in [-0.25, -0.2) is 4.98 Å². The first-order chi connectivity index (χ1) is 21.1. The molecule has 3 aromatic heterocycles. The van der Waals surface area contributed by atoms with Crippen LogP contribution in [0.1, 0.15) is 55.9 Å². The summed E-state index contributed by atoms with van der Waals surface area (Å²) in [7, 11) is 0. The minimum atomic E-state index is 0.536. The lowest BCUT2D eigenvalue weighted by Crippen LogP contribution is -1.92. The average Bonchev–Trinajstić information content (AvgIpc) is 3.75. The number of aromatic nitrogens is 2. The highest BCUT2D eigenvalue weighted by Gasteiger charge is 2.19. The second-order valence-electron chi connectivity index (χ2n) is 12.0. The lowest BCUT2D eigenvalue weighted by Gasteiger charge is -2.13. The molecule has 1 aliphatic carbocycles. The molecule has 0 radical (unpaired) electrons. The van der Waals surface area contributed by atoms with Gasteiger partial charge in [0.05, 0.1) is 21.5 Å². The Labute approximate surface area is 272 Å². The van der Waals surface area contributed by atoms with Crippen LogP contribution in [0.3, 0.4) is 0 Å². The highest BCUT2D eigenvalue weighted by molar-refractivity contribution is 7.24. The van der Waals surface area contributed by atoms with Crippen molar-refractivity contribution < 1.29 is 0 Å². The van der Waals surface area contributed by atoms with E-state index in [1.54, 1.807) is 0 Å². The fraction of sp³-hybridized carbons (Fsp3) is 0.154. The molecule has 5 heteroatoms. The van der Waals surface area contributed by atoms with E-state index in [4.69, 9.17) is 28.2 Å². The number of aromatic amines is 1. The number of rotatable bonds is 2. The van der Waals surface area contributed by atoms with Crippen LogP contribution in [0.15, 0.2) is 66.7 Å². The Kier molecular flexibility index (Phi) is 7.16. The number of aryl methyl sites for hydroxylation is 6. The summed E-state index contributed by atoms with van der Waals surface area (Å²) >= 11 is 15.4. The van der Waals surface area contributed by atoms with Gasteiger partial charge in [0.2, 0.25) is 0 Å². The predicted molar refractivity (Wildman–Crippen MR) is 193 cm³/mol. The van der Waals surface area contributed by atoms with Crippen molar-refractivity contribution in [2.45, 2.75) is 41.5 Å². The SMILES string of the molecule is Cc1cc(C)c(-c2c3nc(cc4cc(cc5ccc([nH]5)c(-c5c(C)cc(C)cc5C)c5ccc2s5)C(Cl)=C4Cl)C=C3)c(C)c1. The summed E-state index contributed by atoms with van der Waals surface area (Å²) < 4.78 is 2.38. The molecule has 0 atom stereocenters. The van der Waals surface area contributed by atoms with Gasteiger partial charge in [0, 0.05) is 31.6 Å². The van der Waals surface area contributed by atoms with Crippen molar-refractivity contribution in [3.8, 4) is 22.3 Å². The van der Waals surface area contributed by atoms with Crippen LogP contribution in [-0.2, 0) is 0 Å². The standard InChI is InChI=1S/C39H32Cl2N2S/c1-20-13-22(3)34(23(4)14-20)36-30-9-7-28(42-30)18-26-17-27(39(41)38(26)40)19-29-8-10-31(43-29)37(33-12-11-32(36)44-33)35-24(5)15-21(2)16-25(35)6/h7-19,42H,1-6H3. The van der Waals surface area contributed by atoms with Gasteiger partial charge in [-0.3, -0.25) is 0 Å². The van der Waals surface area contributed by atoms with Gasteiger partial charge < -0.3 is 4.98 Å². The first kappa shape index (κ1) is 28.9. The van der Waals surface area contributed by atoms with Crippen LogP contribution in [0.2, 0.25) is 0 Å². The van der Waals surface area contributed by atoms with Gasteiger partial charge in [0.25, 0.3) is 0 Å². The summed E-state index contributed by atoms with van der Waals surface area (Å²) in [5.41, 5.74) is 17.9. The Morgan fingerprint density at radius 1 is 0.568 bits per heavy atom.